The normalized spacial score (nSPS) is 9.42. The Morgan fingerprint density at radius 2 is 1.13 bits per heavy atom. The zero-order valence-electron chi connectivity index (χ0n) is 21.3. The van der Waals surface area contributed by atoms with Crippen LogP contribution < -0.4 is 21.3 Å². The number of halogens is 4. The van der Waals surface area contributed by atoms with Crippen molar-refractivity contribution in [3.05, 3.63) is 90.0 Å². The number of nitrogens with one attached hydrogen (secondary N) is 4. The third-order valence-corrected chi connectivity index (χ3v) is 4.90. The molecule has 0 spiro atoms. The Kier molecular flexibility index (Phi) is 20.2. The van der Waals surface area contributed by atoms with E-state index in [2.05, 4.69) is 35.1 Å². The Labute approximate surface area is 248 Å². The quantitative estimate of drug-likeness (QED) is 0.0729. The van der Waals surface area contributed by atoms with Crippen LogP contribution in [0.1, 0.15) is 39.5 Å². The number of hydrogen-bond donors (Lipinski definition) is 4. The van der Waals surface area contributed by atoms with E-state index in [0.717, 1.165) is 50.9 Å². The summed E-state index contributed by atoms with van der Waals surface area (Å²) in [6.45, 7) is 5.59. The van der Waals surface area contributed by atoms with Gasteiger partial charge in [0.15, 0.2) is 10.2 Å². The summed E-state index contributed by atoms with van der Waals surface area (Å²) in [5.41, 5.74) is 0.241. The van der Waals surface area contributed by atoms with Crippen molar-refractivity contribution in [3.63, 3.8) is 0 Å². The van der Waals surface area contributed by atoms with Gasteiger partial charge in [0, 0.05) is 36.4 Å². The van der Waals surface area contributed by atoms with E-state index in [0.29, 0.717) is 10.2 Å². The average Bonchev–Trinajstić information content (AvgIpc) is 3.44. The third-order valence-electron chi connectivity index (χ3n) is 4.41. The van der Waals surface area contributed by atoms with Gasteiger partial charge in [0.25, 0.3) is 0 Å². The Bertz CT molecular complexity index is 981. The van der Waals surface area contributed by atoms with Gasteiger partial charge in [-0.1, -0.05) is 26.7 Å². The van der Waals surface area contributed by atoms with Crippen molar-refractivity contribution < 1.29 is 39.3 Å². The van der Waals surface area contributed by atoms with E-state index in [1.54, 1.807) is 0 Å². The first-order chi connectivity index (χ1) is 17.8. The van der Waals surface area contributed by atoms with Gasteiger partial charge in [-0.15, -0.1) is 36.4 Å². The van der Waals surface area contributed by atoms with Crippen molar-refractivity contribution in [3.8, 4) is 0 Å². The molecule has 0 heterocycles. The molecule has 0 aliphatic rings. The van der Waals surface area contributed by atoms with Crippen LogP contribution >= 0.6 is 24.4 Å². The monoisotopic (exact) mass is 599 g/mol. The number of anilines is 2. The predicted molar refractivity (Wildman–Crippen MR) is 151 cm³/mol. The fraction of sp³-hybridized carbons (Fsp3) is 0.296. The molecule has 0 aliphatic carbocycles. The van der Waals surface area contributed by atoms with Crippen LogP contribution in [-0.4, -0.2) is 23.3 Å². The van der Waals surface area contributed by atoms with E-state index < -0.39 is 23.3 Å². The summed E-state index contributed by atoms with van der Waals surface area (Å²) in [5.74, 6) is -3.01. The topological polar surface area (TPSA) is 48.1 Å². The van der Waals surface area contributed by atoms with Gasteiger partial charge in [0.05, 0.1) is 0 Å². The molecule has 11 heteroatoms. The van der Waals surface area contributed by atoms with Crippen LogP contribution in [-0.2, 0) is 21.7 Å². The summed E-state index contributed by atoms with van der Waals surface area (Å²) in [4.78, 5) is 0. The largest absolute Gasteiger partial charge is 3.00 e. The van der Waals surface area contributed by atoms with Gasteiger partial charge >= 0.3 is 21.7 Å². The molecule has 1 radical (unpaired) electrons. The fourth-order valence-corrected chi connectivity index (χ4v) is 2.92. The molecule has 3 aromatic rings. The zero-order valence-corrected chi connectivity index (χ0v) is 24.5. The fourth-order valence-electron chi connectivity index (χ4n) is 2.49. The van der Waals surface area contributed by atoms with Crippen molar-refractivity contribution in [2.24, 2.45) is 0 Å². The van der Waals surface area contributed by atoms with Crippen molar-refractivity contribution in [1.82, 2.24) is 10.6 Å². The summed E-state index contributed by atoms with van der Waals surface area (Å²) in [5, 5.41) is 11.8. The summed E-state index contributed by atoms with van der Waals surface area (Å²) >= 11 is 9.89. The molecule has 38 heavy (non-hydrogen) atoms. The SMILES string of the molecule is CCCCNC(=S)Nc1ccc(F)[c-]c1F.CCCCNC(=S)Nc1ccc(F)[c-]c1F.[Ti+3].c1cc[cH-]c1. The maximum atomic E-state index is 13.2. The minimum Gasteiger partial charge on any atom is -0.383 e. The van der Waals surface area contributed by atoms with Crippen LogP contribution in [0.3, 0.4) is 0 Å². The summed E-state index contributed by atoms with van der Waals surface area (Å²) < 4.78 is 51.4. The Balaban J connectivity index is 0.000000594. The minimum absolute atomic E-state index is 0. The summed E-state index contributed by atoms with van der Waals surface area (Å²) in [6.07, 6.45) is 4.07. The summed E-state index contributed by atoms with van der Waals surface area (Å²) in [7, 11) is 0. The van der Waals surface area contributed by atoms with Crippen LogP contribution in [0.5, 0.6) is 0 Å². The molecular formula is C27H31F4N4S2Ti. The summed E-state index contributed by atoms with van der Waals surface area (Å²) in [6, 6.07) is 18.7. The molecule has 203 valence electrons. The van der Waals surface area contributed by atoms with E-state index in [-0.39, 0.29) is 33.1 Å². The van der Waals surface area contributed by atoms with Gasteiger partial charge in [-0.25, -0.2) is 29.7 Å². The van der Waals surface area contributed by atoms with Crippen LogP contribution in [0.25, 0.3) is 0 Å². The molecule has 0 bridgehead atoms. The van der Waals surface area contributed by atoms with Gasteiger partial charge in [-0.05, 0) is 48.7 Å². The van der Waals surface area contributed by atoms with E-state index in [1.807, 2.05) is 42.5 Å². The molecule has 4 nitrogen and oxygen atoms in total. The third kappa shape index (κ3) is 16.4. The molecule has 0 fully saturated rings. The maximum absolute atomic E-state index is 13.2. The molecular weight excluding hydrogens is 568 g/mol. The van der Waals surface area contributed by atoms with Crippen molar-refractivity contribution in [1.29, 1.82) is 0 Å². The van der Waals surface area contributed by atoms with Gasteiger partial charge in [0.1, 0.15) is 0 Å². The van der Waals surface area contributed by atoms with E-state index in [4.69, 9.17) is 24.4 Å². The van der Waals surface area contributed by atoms with Crippen molar-refractivity contribution in [2.45, 2.75) is 39.5 Å². The van der Waals surface area contributed by atoms with Gasteiger partial charge in [0.2, 0.25) is 0 Å². The molecule has 3 rings (SSSR count). The second-order valence-electron chi connectivity index (χ2n) is 7.50. The molecule has 0 saturated heterocycles. The molecule has 0 atom stereocenters. The number of rotatable bonds is 8. The first kappa shape index (κ1) is 35.6. The second-order valence-corrected chi connectivity index (χ2v) is 8.32. The Hall–Kier alpha value is -2.40. The van der Waals surface area contributed by atoms with Crippen molar-refractivity contribution in [2.75, 3.05) is 23.7 Å². The maximum Gasteiger partial charge on any atom is 3.00 e. The van der Waals surface area contributed by atoms with Crippen LogP contribution in [0.15, 0.2) is 54.6 Å². The number of unbranched alkanes of at least 4 members (excludes halogenated alkanes) is 2. The van der Waals surface area contributed by atoms with Crippen LogP contribution in [0.4, 0.5) is 28.9 Å². The average molecular weight is 600 g/mol. The molecule has 3 aromatic carbocycles. The first-order valence-corrected chi connectivity index (χ1v) is 12.6. The first-order valence-electron chi connectivity index (χ1n) is 11.8. The zero-order chi connectivity index (χ0) is 27.5. The Morgan fingerprint density at radius 3 is 1.42 bits per heavy atom. The molecule has 0 unspecified atom stereocenters. The number of hydrogen-bond acceptors (Lipinski definition) is 2. The Morgan fingerprint density at radius 1 is 0.737 bits per heavy atom. The molecule has 0 aromatic heterocycles. The minimum atomic E-state index is -0.778. The number of thiocarbonyl (C=S) groups is 2. The van der Waals surface area contributed by atoms with Gasteiger partial charge in [-0.2, -0.15) is 18.2 Å². The number of benzene rings is 2. The smallest absolute Gasteiger partial charge is 0.383 e. The van der Waals surface area contributed by atoms with Gasteiger partial charge in [-0.3, -0.25) is 0 Å². The standard InChI is InChI=1S/2C11H13F2N2S.C5H5.Ti/c2*1-2-3-6-14-11(16)15-10-5-4-8(12)7-9(10)13;1-2-4-5-3-1;/h2*4-5H,2-3,6H2,1H3,(H2,14,15,16);1-5H;/q3*-1;+3. The van der Waals surface area contributed by atoms with Crippen molar-refractivity contribution >= 4 is 46.0 Å². The molecule has 4 N–H and O–H groups in total. The second kappa shape index (κ2) is 21.5. The van der Waals surface area contributed by atoms with Crippen LogP contribution in [0, 0.1) is 35.4 Å². The predicted octanol–water partition coefficient (Wildman–Crippen LogP) is 7.11. The van der Waals surface area contributed by atoms with Crippen LogP contribution in [0.2, 0.25) is 0 Å². The molecule has 0 saturated carbocycles. The molecule has 0 aliphatic heterocycles. The van der Waals surface area contributed by atoms with E-state index >= 15 is 0 Å². The van der Waals surface area contributed by atoms with E-state index in [9.17, 15) is 17.6 Å². The van der Waals surface area contributed by atoms with Gasteiger partial charge < -0.3 is 21.3 Å². The van der Waals surface area contributed by atoms with E-state index in [1.165, 1.54) is 12.1 Å². The molecule has 0 amide bonds.